The van der Waals surface area contributed by atoms with Crippen molar-refractivity contribution in [2.45, 2.75) is 51.0 Å². The lowest BCUT2D eigenvalue weighted by Crippen LogP contribution is -2.28. The van der Waals surface area contributed by atoms with Crippen LogP contribution in [0.15, 0.2) is 12.1 Å². The molecule has 1 aromatic rings. The lowest BCUT2D eigenvalue weighted by atomic mass is 9.91. The van der Waals surface area contributed by atoms with E-state index in [0.717, 1.165) is 48.9 Å². The molecule has 1 aliphatic heterocycles. The van der Waals surface area contributed by atoms with Crippen LogP contribution in [-0.2, 0) is 6.42 Å². The number of hydrogen-bond acceptors (Lipinski definition) is 3. The Labute approximate surface area is 138 Å². The Morgan fingerprint density at radius 3 is 2.50 bits per heavy atom. The monoisotopic (exact) mass is 323 g/mol. The van der Waals surface area contributed by atoms with E-state index >= 15 is 0 Å². The summed E-state index contributed by atoms with van der Waals surface area (Å²) in [6.45, 7) is 2.23. The van der Waals surface area contributed by atoms with Crippen molar-refractivity contribution in [1.82, 2.24) is 5.32 Å². The Kier molecular flexibility index (Phi) is 5.48. The predicted molar refractivity (Wildman–Crippen MR) is 90.2 cm³/mol. The van der Waals surface area contributed by atoms with E-state index in [1.54, 1.807) is 7.11 Å². The molecule has 1 aliphatic carbocycles. The van der Waals surface area contributed by atoms with Crippen LogP contribution < -0.4 is 14.8 Å². The van der Waals surface area contributed by atoms with Gasteiger partial charge in [0.2, 0.25) is 0 Å². The molecule has 1 saturated heterocycles. The Morgan fingerprint density at radius 1 is 1.09 bits per heavy atom. The van der Waals surface area contributed by atoms with Gasteiger partial charge in [-0.15, -0.1) is 0 Å². The Bertz CT molecular complexity index is 494. The van der Waals surface area contributed by atoms with E-state index < -0.39 is 0 Å². The van der Waals surface area contributed by atoms with Crippen LogP contribution in [0.25, 0.3) is 0 Å². The lowest BCUT2D eigenvalue weighted by Gasteiger charge is -2.24. The van der Waals surface area contributed by atoms with Crippen molar-refractivity contribution in [2.24, 2.45) is 5.92 Å². The second-order valence-corrected chi connectivity index (χ2v) is 6.92. The predicted octanol–water partition coefficient (Wildman–Crippen LogP) is 4.21. The zero-order valence-electron chi connectivity index (χ0n) is 13.4. The van der Waals surface area contributed by atoms with Crippen molar-refractivity contribution in [3.05, 3.63) is 22.7 Å². The highest BCUT2D eigenvalue weighted by Crippen LogP contribution is 2.37. The molecule has 0 unspecified atom stereocenters. The van der Waals surface area contributed by atoms with Crippen molar-refractivity contribution < 1.29 is 9.47 Å². The Morgan fingerprint density at radius 2 is 1.82 bits per heavy atom. The first-order valence-corrected chi connectivity index (χ1v) is 8.88. The standard InChI is InChI=1S/C18H26ClNO2/c1-21-17-11-14(10-13-6-8-20-9-7-13)16(19)12-18(17)22-15-4-2-3-5-15/h11-13,15,20H,2-10H2,1H3. The molecule has 3 nitrogen and oxygen atoms in total. The Hall–Kier alpha value is -0.930. The minimum atomic E-state index is 0.320. The first-order valence-electron chi connectivity index (χ1n) is 8.50. The van der Waals surface area contributed by atoms with Crippen LogP contribution in [-0.4, -0.2) is 26.3 Å². The number of hydrogen-bond donors (Lipinski definition) is 1. The first kappa shape index (κ1) is 15.9. The van der Waals surface area contributed by atoms with E-state index in [1.165, 1.54) is 31.2 Å². The second kappa shape index (κ2) is 7.56. The fraction of sp³-hybridized carbons (Fsp3) is 0.667. The topological polar surface area (TPSA) is 30.5 Å². The van der Waals surface area contributed by atoms with Crippen molar-refractivity contribution in [3.63, 3.8) is 0 Å². The number of benzene rings is 1. The van der Waals surface area contributed by atoms with E-state index in [-0.39, 0.29) is 0 Å². The molecule has 0 aromatic heterocycles. The normalized spacial score (nSPS) is 20.3. The van der Waals surface area contributed by atoms with Gasteiger partial charge >= 0.3 is 0 Å². The summed E-state index contributed by atoms with van der Waals surface area (Å²) in [5.74, 6) is 2.33. The minimum absolute atomic E-state index is 0.320. The SMILES string of the molecule is COc1cc(CC2CCNCC2)c(Cl)cc1OC1CCCC1. The summed E-state index contributed by atoms with van der Waals surface area (Å²) in [5.41, 5.74) is 1.18. The maximum absolute atomic E-state index is 6.51. The third kappa shape index (κ3) is 3.88. The highest BCUT2D eigenvalue weighted by Gasteiger charge is 2.21. The molecule has 0 spiro atoms. The van der Waals surface area contributed by atoms with Gasteiger partial charge in [0.1, 0.15) is 0 Å². The summed E-state index contributed by atoms with van der Waals surface area (Å²) in [7, 11) is 1.71. The molecule has 3 rings (SSSR count). The smallest absolute Gasteiger partial charge is 0.163 e. The molecule has 0 radical (unpaired) electrons. The molecular formula is C18H26ClNO2. The highest BCUT2D eigenvalue weighted by atomic mass is 35.5. The summed E-state index contributed by atoms with van der Waals surface area (Å²) in [6, 6.07) is 4.03. The third-order valence-electron chi connectivity index (χ3n) is 4.90. The molecule has 22 heavy (non-hydrogen) atoms. The molecule has 2 fully saturated rings. The molecule has 2 aliphatic rings. The van der Waals surface area contributed by atoms with Gasteiger partial charge in [-0.05, 0) is 75.6 Å². The van der Waals surface area contributed by atoms with Gasteiger partial charge in [-0.1, -0.05) is 11.6 Å². The third-order valence-corrected chi connectivity index (χ3v) is 5.25. The molecule has 1 N–H and O–H groups in total. The Balaban J connectivity index is 1.73. The number of nitrogens with one attached hydrogen (secondary N) is 1. The number of halogens is 1. The van der Waals surface area contributed by atoms with Crippen molar-refractivity contribution in [2.75, 3.05) is 20.2 Å². The van der Waals surface area contributed by atoms with E-state index in [2.05, 4.69) is 11.4 Å². The summed E-state index contributed by atoms with van der Waals surface area (Å²) in [4.78, 5) is 0. The molecule has 0 bridgehead atoms. The minimum Gasteiger partial charge on any atom is -0.493 e. The van der Waals surface area contributed by atoms with Gasteiger partial charge in [-0.25, -0.2) is 0 Å². The molecule has 1 heterocycles. The van der Waals surface area contributed by atoms with Crippen LogP contribution in [0.3, 0.4) is 0 Å². The van der Waals surface area contributed by atoms with Crippen LogP contribution >= 0.6 is 11.6 Å². The lowest BCUT2D eigenvalue weighted by molar-refractivity contribution is 0.200. The van der Waals surface area contributed by atoms with E-state index in [4.69, 9.17) is 21.1 Å². The van der Waals surface area contributed by atoms with E-state index in [9.17, 15) is 0 Å². The molecule has 0 atom stereocenters. The maximum atomic E-state index is 6.51. The number of ether oxygens (including phenoxy) is 2. The maximum Gasteiger partial charge on any atom is 0.163 e. The largest absolute Gasteiger partial charge is 0.493 e. The number of rotatable bonds is 5. The summed E-state index contributed by atoms with van der Waals surface area (Å²) < 4.78 is 11.6. The van der Waals surface area contributed by atoms with Crippen LogP contribution in [0.5, 0.6) is 11.5 Å². The fourth-order valence-corrected chi connectivity index (χ4v) is 3.80. The van der Waals surface area contributed by atoms with Gasteiger partial charge in [0.05, 0.1) is 13.2 Å². The van der Waals surface area contributed by atoms with Crippen LogP contribution in [0.2, 0.25) is 5.02 Å². The van der Waals surface area contributed by atoms with Crippen LogP contribution in [0.4, 0.5) is 0 Å². The first-order chi connectivity index (χ1) is 10.8. The van der Waals surface area contributed by atoms with Gasteiger partial charge < -0.3 is 14.8 Å². The van der Waals surface area contributed by atoms with Crippen LogP contribution in [0.1, 0.15) is 44.1 Å². The zero-order valence-corrected chi connectivity index (χ0v) is 14.1. The number of methoxy groups -OCH3 is 1. The van der Waals surface area contributed by atoms with Gasteiger partial charge in [0, 0.05) is 11.1 Å². The summed E-state index contributed by atoms with van der Waals surface area (Å²) in [5, 5.41) is 4.22. The number of piperidine rings is 1. The zero-order chi connectivity index (χ0) is 15.4. The van der Waals surface area contributed by atoms with E-state index in [0.29, 0.717) is 12.0 Å². The molecule has 0 amide bonds. The summed E-state index contributed by atoms with van der Waals surface area (Å²) in [6.07, 6.45) is 8.58. The van der Waals surface area contributed by atoms with Crippen molar-refractivity contribution in [1.29, 1.82) is 0 Å². The molecule has 4 heteroatoms. The average molecular weight is 324 g/mol. The fourth-order valence-electron chi connectivity index (χ4n) is 3.57. The molecular weight excluding hydrogens is 298 g/mol. The molecule has 1 saturated carbocycles. The van der Waals surface area contributed by atoms with Gasteiger partial charge in [0.25, 0.3) is 0 Å². The van der Waals surface area contributed by atoms with Gasteiger partial charge in [-0.2, -0.15) is 0 Å². The molecule has 122 valence electrons. The van der Waals surface area contributed by atoms with Gasteiger partial charge in [-0.3, -0.25) is 0 Å². The van der Waals surface area contributed by atoms with E-state index in [1.807, 2.05) is 6.07 Å². The molecule has 1 aromatic carbocycles. The van der Waals surface area contributed by atoms with Crippen molar-refractivity contribution >= 4 is 11.6 Å². The van der Waals surface area contributed by atoms with Gasteiger partial charge in [0.15, 0.2) is 11.5 Å². The van der Waals surface area contributed by atoms with Crippen molar-refractivity contribution in [3.8, 4) is 11.5 Å². The quantitative estimate of drug-likeness (QED) is 0.880. The second-order valence-electron chi connectivity index (χ2n) is 6.52. The van der Waals surface area contributed by atoms with Crippen LogP contribution in [0, 0.1) is 5.92 Å². The highest BCUT2D eigenvalue weighted by molar-refractivity contribution is 6.31. The summed E-state index contributed by atoms with van der Waals surface area (Å²) >= 11 is 6.51. The average Bonchev–Trinajstić information content (AvgIpc) is 3.04.